The van der Waals surface area contributed by atoms with Gasteiger partial charge in [0.15, 0.2) is 0 Å². The Morgan fingerprint density at radius 1 is 1.31 bits per heavy atom. The SMILES string of the molecule is Cc1cc(C)n(CCC(=O)NC2CCCN(c3ccc(=O)n(C)n3)C2)n1. The van der Waals surface area contributed by atoms with Crippen LogP contribution in [0.2, 0.25) is 0 Å². The van der Waals surface area contributed by atoms with Crippen molar-refractivity contribution in [2.75, 3.05) is 18.0 Å². The number of carbonyl (C=O) groups excluding carboxylic acids is 1. The van der Waals surface area contributed by atoms with Crippen molar-refractivity contribution in [1.29, 1.82) is 0 Å². The molecule has 1 aliphatic heterocycles. The van der Waals surface area contributed by atoms with Crippen LogP contribution in [0.3, 0.4) is 0 Å². The largest absolute Gasteiger partial charge is 0.353 e. The van der Waals surface area contributed by atoms with Crippen molar-refractivity contribution in [3.05, 3.63) is 39.9 Å². The number of hydrogen-bond donors (Lipinski definition) is 1. The lowest BCUT2D eigenvalue weighted by Gasteiger charge is -2.34. The minimum atomic E-state index is -0.125. The molecule has 0 saturated carbocycles. The molecule has 1 N–H and O–H groups in total. The molecule has 1 amide bonds. The summed E-state index contributed by atoms with van der Waals surface area (Å²) in [4.78, 5) is 25.9. The van der Waals surface area contributed by atoms with Gasteiger partial charge < -0.3 is 10.2 Å². The topological polar surface area (TPSA) is 85.0 Å². The van der Waals surface area contributed by atoms with Crippen LogP contribution >= 0.6 is 0 Å². The maximum Gasteiger partial charge on any atom is 0.266 e. The Bertz CT molecular complexity index is 840. The van der Waals surface area contributed by atoms with Crippen molar-refractivity contribution in [2.24, 2.45) is 7.05 Å². The summed E-state index contributed by atoms with van der Waals surface area (Å²) in [5.41, 5.74) is 1.91. The van der Waals surface area contributed by atoms with Gasteiger partial charge in [0.2, 0.25) is 5.91 Å². The highest BCUT2D eigenvalue weighted by molar-refractivity contribution is 5.76. The van der Waals surface area contributed by atoms with Crippen molar-refractivity contribution in [2.45, 2.75) is 45.7 Å². The molecule has 8 heteroatoms. The van der Waals surface area contributed by atoms with Crippen molar-refractivity contribution in [3.63, 3.8) is 0 Å². The van der Waals surface area contributed by atoms with Gasteiger partial charge in [-0.1, -0.05) is 0 Å². The molecule has 1 saturated heterocycles. The van der Waals surface area contributed by atoms with Gasteiger partial charge in [0, 0.05) is 50.9 Å². The molecule has 0 spiro atoms. The van der Waals surface area contributed by atoms with Gasteiger partial charge in [0.05, 0.1) is 5.69 Å². The summed E-state index contributed by atoms with van der Waals surface area (Å²) in [5.74, 6) is 0.812. The third-order valence-corrected chi connectivity index (χ3v) is 4.71. The summed E-state index contributed by atoms with van der Waals surface area (Å²) < 4.78 is 3.21. The standard InChI is InChI=1S/C18H26N6O2/c1-13-11-14(2)24(20-13)10-8-17(25)19-15-5-4-9-23(12-15)16-6-7-18(26)22(3)21-16/h6-7,11,15H,4-5,8-10,12H2,1-3H3,(H,19,25). The van der Waals surface area contributed by atoms with Crippen molar-refractivity contribution in [1.82, 2.24) is 24.9 Å². The van der Waals surface area contributed by atoms with E-state index in [0.717, 1.165) is 36.6 Å². The van der Waals surface area contributed by atoms with E-state index in [1.165, 1.54) is 10.7 Å². The monoisotopic (exact) mass is 358 g/mol. The smallest absolute Gasteiger partial charge is 0.266 e. The molecule has 3 heterocycles. The van der Waals surface area contributed by atoms with E-state index >= 15 is 0 Å². The number of carbonyl (C=O) groups is 1. The maximum absolute atomic E-state index is 12.3. The lowest BCUT2D eigenvalue weighted by Crippen LogP contribution is -2.48. The number of anilines is 1. The molecule has 140 valence electrons. The molecular formula is C18H26N6O2. The van der Waals surface area contributed by atoms with Crippen molar-refractivity contribution in [3.8, 4) is 0 Å². The molecule has 0 radical (unpaired) electrons. The van der Waals surface area contributed by atoms with Gasteiger partial charge in [-0.05, 0) is 38.8 Å². The molecule has 0 aromatic carbocycles. The van der Waals surface area contributed by atoms with Crippen LogP contribution in [-0.2, 0) is 18.4 Å². The predicted molar refractivity (Wildman–Crippen MR) is 99.2 cm³/mol. The predicted octanol–water partition coefficient (Wildman–Crippen LogP) is 0.769. The molecule has 2 aromatic rings. The molecule has 0 aliphatic carbocycles. The Hall–Kier alpha value is -2.64. The number of piperidine rings is 1. The summed E-state index contributed by atoms with van der Waals surface area (Å²) >= 11 is 0. The molecule has 2 aromatic heterocycles. The van der Waals surface area contributed by atoms with Crippen LogP contribution in [0.1, 0.15) is 30.7 Å². The van der Waals surface area contributed by atoms with Crippen molar-refractivity contribution >= 4 is 11.7 Å². The second-order valence-electron chi connectivity index (χ2n) is 6.91. The third kappa shape index (κ3) is 4.30. The van der Waals surface area contributed by atoms with Gasteiger partial charge in [-0.25, -0.2) is 4.68 Å². The fourth-order valence-electron chi connectivity index (χ4n) is 3.37. The average Bonchev–Trinajstić information content (AvgIpc) is 2.93. The Morgan fingerprint density at radius 2 is 2.12 bits per heavy atom. The first-order valence-corrected chi connectivity index (χ1v) is 9.02. The number of nitrogens with one attached hydrogen (secondary N) is 1. The van der Waals surface area contributed by atoms with Crippen LogP contribution in [0.15, 0.2) is 23.0 Å². The van der Waals surface area contributed by atoms with Gasteiger partial charge in [-0.15, -0.1) is 0 Å². The van der Waals surface area contributed by atoms with Gasteiger partial charge >= 0.3 is 0 Å². The van der Waals surface area contributed by atoms with Gasteiger partial charge in [0.25, 0.3) is 5.56 Å². The van der Waals surface area contributed by atoms with Crippen LogP contribution in [0.5, 0.6) is 0 Å². The van der Waals surface area contributed by atoms with Crippen LogP contribution in [0.25, 0.3) is 0 Å². The molecule has 1 aliphatic rings. The number of nitrogens with zero attached hydrogens (tertiary/aromatic N) is 5. The van der Waals surface area contributed by atoms with E-state index in [4.69, 9.17) is 0 Å². The average molecular weight is 358 g/mol. The zero-order chi connectivity index (χ0) is 18.7. The fourth-order valence-corrected chi connectivity index (χ4v) is 3.37. The fraction of sp³-hybridized carbons (Fsp3) is 0.556. The van der Waals surface area contributed by atoms with Crippen LogP contribution < -0.4 is 15.8 Å². The van der Waals surface area contributed by atoms with E-state index in [-0.39, 0.29) is 17.5 Å². The molecule has 3 rings (SSSR count). The first kappa shape index (κ1) is 18.2. The maximum atomic E-state index is 12.3. The van der Waals surface area contributed by atoms with Crippen LogP contribution in [-0.4, -0.2) is 44.6 Å². The zero-order valence-corrected chi connectivity index (χ0v) is 15.6. The Kier molecular flexibility index (Phi) is 5.39. The molecule has 0 bridgehead atoms. The molecular weight excluding hydrogens is 332 g/mol. The number of aryl methyl sites for hydroxylation is 4. The van der Waals surface area contributed by atoms with E-state index in [0.29, 0.717) is 19.5 Å². The van der Waals surface area contributed by atoms with Gasteiger partial charge in [-0.2, -0.15) is 10.2 Å². The highest BCUT2D eigenvalue weighted by Crippen LogP contribution is 2.16. The first-order chi connectivity index (χ1) is 12.4. The van der Waals surface area contributed by atoms with Crippen molar-refractivity contribution < 1.29 is 4.79 Å². The third-order valence-electron chi connectivity index (χ3n) is 4.71. The lowest BCUT2D eigenvalue weighted by atomic mass is 10.1. The number of aromatic nitrogens is 4. The zero-order valence-electron chi connectivity index (χ0n) is 15.6. The van der Waals surface area contributed by atoms with Gasteiger partial charge in [0.1, 0.15) is 5.82 Å². The van der Waals surface area contributed by atoms with Crippen LogP contribution in [0, 0.1) is 13.8 Å². The summed E-state index contributed by atoms with van der Waals surface area (Å²) in [6.07, 6.45) is 2.34. The molecule has 26 heavy (non-hydrogen) atoms. The number of rotatable bonds is 5. The number of amides is 1. The molecule has 1 atom stereocenters. The second kappa shape index (κ2) is 7.72. The summed E-state index contributed by atoms with van der Waals surface area (Å²) in [6.45, 7) is 6.12. The van der Waals surface area contributed by atoms with Crippen LogP contribution in [0.4, 0.5) is 5.82 Å². The minimum Gasteiger partial charge on any atom is -0.353 e. The summed E-state index contributed by atoms with van der Waals surface area (Å²) in [5, 5.41) is 11.8. The van der Waals surface area contributed by atoms with E-state index in [1.807, 2.05) is 24.6 Å². The normalized spacial score (nSPS) is 17.3. The lowest BCUT2D eigenvalue weighted by molar-refractivity contribution is -0.122. The summed E-state index contributed by atoms with van der Waals surface area (Å²) in [7, 11) is 1.65. The Balaban J connectivity index is 1.54. The Morgan fingerprint density at radius 3 is 2.81 bits per heavy atom. The van der Waals surface area contributed by atoms with Gasteiger partial charge in [-0.3, -0.25) is 14.3 Å². The quantitative estimate of drug-likeness (QED) is 0.853. The molecule has 1 unspecified atom stereocenters. The number of hydrogen-bond acceptors (Lipinski definition) is 5. The van der Waals surface area contributed by atoms with E-state index in [9.17, 15) is 9.59 Å². The molecule has 8 nitrogen and oxygen atoms in total. The molecule has 1 fully saturated rings. The highest BCUT2D eigenvalue weighted by atomic mass is 16.1. The second-order valence-corrected chi connectivity index (χ2v) is 6.91. The first-order valence-electron chi connectivity index (χ1n) is 9.02. The van der Waals surface area contributed by atoms with E-state index in [1.54, 1.807) is 13.1 Å². The highest BCUT2D eigenvalue weighted by Gasteiger charge is 2.22. The minimum absolute atomic E-state index is 0.0397. The van der Waals surface area contributed by atoms with E-state index in [2.05, 4.69) is 20.4 Å². The Labute approximate surface area is 152 Å². The summed E-state index contributed by atoms with van der Waals surface area (Å²) in [6, 6.07) is 5.38. The van der Waals surface area contributed by atoms with E-state index < -0.39 is 0 Å².